The Morgan fingerprint density at radius 3 is 2.94 bits per heavy atom. The molecule has 3 heteroatoms. The SMILES string of the molecule is c1ccc(Cc2coc(CC3CCNC3)n2)cc1. The molecule has 1 unspecified atom stereocenters. The van der Waals surface area contributed by atoms with Gasteiger partial charge in [-0.1, -0.05) is 30.3 Å². The van der Waals surface area contributed by atoms with Crippen molar-refractivity contribution in [3.8, 4) is 0 Å². The molecule has 2 aromatic rings. The van der Waals surface area contributed by atoms with E-state index in [1.54, 1.807) is 6.26 Å². The van der Waals surface area contributed by atoms with Crippen molar-refractivity contribution < 1.29 is 4.42 Å². The van der Waals surface area contributed by atoms with Gasteiger partial charge in [0.05, 0.1) is 5.69 Å². The van der Waals surface area contributed by atoms with E-state index in [0.717, 1.165) is 37.5 Å². The summed E-state index contributed by atoms with van der Waals surface area (Å²) in [5.74, 6) is 1.57. The summed E-state index contributed by atoms with van der Waals surface area (Å²) in [5.41, 5.74) is 2.31. The molecule has 1 aromatic heterocycles. The lowest BCUT2D eigenvalue weighted by Crippen LogP contribution is -2.10. The van der Waals surface area contributed by atoms with Crippen LogP contribution in [0.3, 0.4) is 0 Å². The molecule has 0 amide bonds. The van der Waals surface area contributed by atoms with E-state index in [-0.39, 0.29) is 0 Å². The van der Waals surface area contributed by atoms with Gasteiger partial charge in [-0.3, -0.25) is 0 Å². The lowest BCUT2D eigenvalue weighted by Gasteiger charge is -2.02. The van der Waals surface area contributed by atoms with Gasteiger partial charge in [0.25, 0.3) is 0 Å². The Kier molecular flexibility index (Phi) is 3.42. The van der Waals surface area contributed by atoms with Crippen molar-refractivity contribution in [3.05, 3.63) is 53.7 Å². The van der Waals surface area contributed by atoms with Gasteiger partial charge in [-0.2, -0.15) is 0 Å². The fourth-order valence-corrected chi connectivity index (χ4v) is 2.46. The topological polar surface area (TPSA) is 38.1 Å². The number of nitrogens with one attached hydrogen (secondary N) is 1. The van der Waals surface area contributed by atoms with Crippen LogP contribution in [0.15, 0.2) is 41.0 Å². The highest BCUT2D eigenvalue weighted by Crippen LogP contribution is 2.16. The maximum atomic E-state index is 5.56. The molecular formula is C15H18N2O. The second-order valence-corrected chi connectivity index (χ2v) is 4.96. The molecule has 1 atom stereocenters. The van der Waals surface area contributed by atoms with Crippen LogP contribution >= 0.6 is 0 Å². The monoisotopic (exact) mass is 242 g/mol. The smallest absolute Gasteiger partial charge is 0.194 e. The first-order valence-electron chi connectivity index (χ1n) is 6.58. The van der Waals surface area contributed by atoms with E-state index in [1.807, 2.05) is 6.07 Å². The van der Waals surface area contributed by atoms with Crippen LogP contribution in [0.1, 0.15) is 23.6 Å². The molecule has 3 rings (SSSR count). The van der Waals surface area contributed by atoms with E-state index in [1.165, 1.54) is 12.0 Å². The number of nitrogens with zero attached hydrogens (tertiary/aromatic N) is 1. The van der Waals surface area contributed by atoms with Crippen molar-refractivity contribution >= 4 is 0 Å². The molecule has 0 aliphatic carbocycles. The van der Waals surface area contributed by atoms with Crippen molar-refractivity contribution in [3.63, 3.8) is 0 Å². The molecule has 3 nitrogen and oxygen atoms in total. The van der Waals surface area contributed by atoms with Gasteiger partial charge in [-0.15, -0.1) is 0 Å². The molecule has 2 heterocycles. The summed E-state index contributed by atoms with van der Waals surface area (Å²) in [7, 11) is 0. The van der Waals surface area contributed by atoms with Gasteiger partial charge in [0.1, 0.15) is 6.26 Å². The van der Waals surface area contributed by atoms with Gasteiger partial charge in [-0.25, -0.2) is 4.98 Å². The van der Waals surface area contributed by atoms with Crippen LogP contribution in [0.2, 0.25) is 0 Å². The average Bonchev–Trinajstić information content (AvgIpc) is 3.03. The summed E-state index contributed by atoms with van der Waals surface area (Å²) in [5, 5.41) is 3.37. The largest absolute Gasteiger partial charge is 0.449 e. The van der Waals surface area contributed by atoms with Crippen molar-refractivity contribution in [2.45, 2.75) is 19.3 Å². The highest BCUT2D eigenvalue weighted by molar-refractivity contribution is 5.20. The Morgan fingerprint density at radius 1 is 1.28 bits per heavy atom. The first kappa shape index (κ1) is 11.5. The molecule has 1 fully saturated rings. The van der Waals surface area contributed by atoms with Crippen LogP contribution in [-0.2, 0) is 12.8 Å². The third-order valence-electron chi connectivity index (χ3n) is 3.45. The number of oxazole rings is 1. The average molecular weight is 242 g/mol. The first-order chi connectivity index (χ1) is 8.90. The van der Waals surface area contributed by atoms with Gasteiger partial charge >= 0.3 is 0 Å². The number of benzene rings is 1. The van der Waals surface area contributed by atoms with Crippen molar-refractivity contribution in [2.24, 2.45) is 5.92 Å². The molecule has 0 radical (unpaired) electrons. The molecular weight excluding hydrogens is 224 g/mol. The molecule has 18 heavy (non-hydrogen) atoms. The second kappa shape index (κ2) is 5.36. The summed E-state index contributed by atoms with van der Waals surface area (Å²) in [6, 6.07) is 10.4. The van der Waals surface area contributed by atoms with Crippen LogP contribution in [0.25, 0.3) is 0 Å². The van der Waals surface area contributed by atoms with Gasteiger partial charge < -0.3 is 9.73 Å². The number of rotatable bonds is 4. The van der Waals surface area contributed by atoms with Crippen LogP contribution in [0.4, 0.5) is 0 Å². The number of hydrogen-bond donors (Lipinski definition) is 1. The normalized spacial score (nSPS) is 19.2. The van der Waals surface area contributed by atoms with E-state index in [2.05, 4.69) is 34.6 Å². The molecule has 0 spiro atoms. The fourth-order valence-electron chi connectivity index (χ4n) is 2.46. The zero-order valence-corrected chi connectivity index (χ0v) is 10.4. The van der Waals surface area contributed by atoms with Crippen molar-refractivity contribution in [1.82, 2.24) is 10.3 Å². The van der Waals surface area contributed by atoms with E-state index >= 15 is 0 Å². The molecule has 94 valence electrons. The third-order valence-corrected chi connectivity index (χ3v) is 3.45. The molecule has 1 aliphatic heterocycles. The van der Waals surface area contributed by atoms with E-state index < -0.39 is 0 Å². The van der Waals surface area contributed by atoms with Crippen LogP contribution in [-0.4, -0.2) is 18.1 Å². The molecule has 0 saturated carbocycles. The minimum atomic E-state index is 0.688. The minimum absolute atomic E-state index is 0.688. The van der Waals surface area contributed by atoms with Crippen LogP contribution < -0.4 is 5.32 Å². The van der Waals surface area contributed by atoms with Gasteiger partial charge in [0.2, 0.25) is 0 Å². The van der Waals surface area contributed by atoms with Crippen LogP contribution in [0.5, 0.6) is 0 Å². The summed E-state index contributed by atoms with van der Waals surface area (Å²) in [4.78, 5) is 4.57. The number of aromatic nitrogens is 1. The van der Waals surface area contributed by atoms with Gasteiger partial charge in [0, 0.05) is 12.8 Å². The highest BCUT2D eigenvalue weighted by atomic mass is 16.3. The fraction of sp³-hybridized carbons (Fsp3) is 0.400. The zero-order chi connectivity index (χ0) is 12.2. The summed E-state index contributed by atoms with van der Waals surface area (Å²) in [6.45, 7) is 2.22. The Morgan fingerprint density at radius 2 is 2.17 bits per heavy atom. The molecule has 1 saturated heterocycles. The Bertz CT molecular complexity index is 486. The molecule has 1 N–H and O–H groups in total. The standard InChI is InChI=1S/C15H18N2O/c1-2-4-12(5-3-1)8-14-11-18-15(17-14)9-13-6-7-16-10-13/h1-5,11,13,16H,6-10H2. The summed E-state index contributed by atoms with van der Waals surface area (Å²) < 4.78 is 5.56. The predicted molar refractivity (Wildman–Crippen MR) is 70.4 cm³/mol. The van der Waals surface area contributed by atoms with E-state index in [0.29, 0.717) is 5.92 Å². The second-order valence-electron chi connectivity index (χ2n) is 4.96. The Balaban J connectivity index is 1.62. The lowest BCUT2D eigenvalue weighted by atomic mass is 10.1. The lowest BCUT2D eigenvalue weighted by molar-refractivity contribution is 0.442. The quantitative estimate of drug-likeness (QED) is 0.894. The van der Waals surface area contributed by atoms with Gasteiger partial charge in [0.15, 0.2) is 5.89 Å². The third kappa shape index (κ3) is 2.79. The van der Waals surface area contributed by atoms with Crippen molar-refractivity contribution in [2.75, 3.05) is 13.1 Å². The zero-order valence-electron chi connectivity index (χ0n) is 10.4. The molecule has 1 aliphatic rings. The highest BCUT2D eigenvalue weighted by Gasteiger charge is 2.17. The van der Waals surface area contributed by atoms with E-state index in [9.17, 15) is 0 Å². The van der Waals surface area contributed by atoms with Crippen LogP contribution in [0, 0.1) is 5.92 Å². The maximum absolute atomic E-state index is 5.56. The first-order valence-corrected chi connectivity index (χ1v) is 6.58. The van der Waals surface area contributed by atoms with E-state index in [4.69, 9.17) is 4.42 Å². The Labute approximate surface area is 107 Å². The molecule has 1 aromatic carbocycles. The predicted octanol–water partition coefficient (Wildman–Crippen LogP) is 2.42. The summed E-state index contributed by atoms with van der Waals surface area (Å²) >= 11 is 0. The van der Waals surface area contributed by atoms with Gasteiger partial charge in [-0.05, 0) is 31.0 Å². The maximum Gasteiger partial charge on any atom is 0.194 e. The minimum Gasteiger partial charge on any atom is -0.449 e. The van der Waals surface area contributed by atoms with Crippen molar-refractivity contribution in [1.29, 1.82) is 0 Å². The molecule has 0 bridgehead atoms. The number of hydrogen-bond acceptors (Lipinski definition) is 3. The summed E-state index contributed by atoms with van der Waals surface area (Å²) in [6.07, 6.45) is 4.84. The Hall–Kier alpha value is -1.61.